The monoisotopic (exact) mass is 1060 g/mol. The number of ether oxygens (including phenoxy) is 3. The van der Waals surface area contributed by atoms with Crippen molar-refractivity contribution in [2.75, 3.05) is 57.3 Å². The van der Waals surface area contributed by atoms with E-state index in [1.54, 1.807) is 19.1 Å². The fraction of sp³-hybridized carbons (Fsp3) is 0.544. The van der Waals surface area contributed by atoms with Gasteiger partial charge < -0.3 is 40.0 Å². The minimum absolute atomic E-state index is 0.00646. The summed E-state index contributed by atoms with van der Waals surface area (Å²) in [5, 5.41) is 37.8. The Morgan fingerprint density at radius 2 is 1.43 bits per heavy atom. The van der Waals surface area contributed by atoms with Crippen molar-refractivity contribution in [3.05, 3.63) is 95.1 Å². The van der Waals surface area contributed by atoms with Crippen molar-refractivity contribution in [2.24, 2.45) is 10.1 Å². The number of hydrogen-bond donors (Lipinski definition) is 4. The minimum Gasteiger partial charge on any atom is -0.481 e. The molecule has 5 aromatic rings. The van der Waals surface area contributed by atoms with Crippen molar-refractivity contribution < 1.29 is 42.4 Å². The summed E-state index contributed by atoms with van der Waals surface area (Å²) in [6.45, 7) is 11.3. The highest BCUT2D eigenvalue weighted by Gasteiger charge is 2.63. The predicted molar refractivity (Wildman–Crippen MR) is 292 cm³/mol. The van der Waals surface area contributed by atoms with E-state index in [9.17, 15) is 28.2 Å². The van der Waals surface area contributed by atoms with E-state index in [-0.39, 0.29) is 66.6 Å². The van der Waals surface area contributed by atoms with Crippen LogP contribution in [0, 0.1) is 6.92 Å². The van der Waals surface area contributed by atoms with Gasteiger partial charge in [-0.25, -0.2) is 27.6 Å². The molecule has 10 rings (SSSR count). The zero-order valence-corrected chi connectivity index (χ0v) is 45.2. The number of fused-ring (bicyclic) bond motifs is 1. The summed E-state index contributed by atoms with van der Waals surface area (Å²) in [4.78, 5) is 37.7. The maximum Gasteiger partial charge on any atom is 0.316 e. The minimum atomic E-state index is -3.11. The molecule has 4 N–H and O–H groups in total. The molecule has 0 radical (unpaired) electrons. The summed E-state index contributed by atoms with van der Waals surface area (Å²) < 4.78 is 45.6. The van der Waals surface area contributed by atoms with Crippen LogP contribution in [0.1, 0.15) is 125 Å². The van der Waals surface area contributed by atoms with Gasteiger partial charge in [0.05, 0.1) is 60.2 Å². The first-order valence-electron chi connectivity index (χ1n) is 27.0. The SMILES string of the molecule is C=N/C(=N\n1c(C)c(-c2ccc(C3(C(=O)N4CCS(=O)(=O)CC4)CC3)cc2)cc1[C@H]1CC[C@H](OC2CC2(C(=O)O)c2ccc(-c3cc([C@H]4CC[C@H](O)CC4)n4nc(N[C@@H](C)COC)ncc34)cc2)CC1)N[C@@H](C)COC. The molecule has 1 aliphatic heterocycles. The van der Waals surface area contributed by atoms with E-state index >= 15 is 0 Å². The third kappa shape index (κ3) is 10.7. The fourth-order valence-electron chi connectivity index (χ4n) is 12.2. The molecule has 19 heteroatoms. The number of nitrogens with one attached hydrogen (secondary N) is 2. The molecule has 3 aromatic heterocycles. The molecule has 2 unspecified atom stereocenters. The molecule has 4 atom stereocenters. The molecule has 18 nitrogen and oxygen atoms in total. The Hall–Kier alpha value is -5.99. The number of benzene rings is 2. The molecular weight excluding hydrogens is 987 g/mol. The number of aromatic nitrogens is 4. The van der Waals surface area contributed by atoms with Crippen LogP contribution in [0.25, 0.3) is 27.8 Å². The van der Waals surface area contributed by atoms with Crippen LogP contribution in [0.5, 0.6) is 0 Å². The number of carboxylic acids is 1. The number of aliphatic imine (C=N–C) groups is 1. The summed E-state index contributed by atoms with van der Waals surface area (Å²) in [5.41, 5.74) is 7.66. The zero-order chi connectivity index (χ0) is 53.5. The highest BCUT2D eigenvalue weighted by Crippen LogP contribution is 2.54. The van der Waals surface area contributed by atoms with Crippen LogP contribution >= 0.6 is 0 Å². The van der Waals surface area contributed by atoms with Crippen LogP contribution in [-0.2, 0) is 44.5 Å². The second-order valence-corrected chi connectivity index (χ2v) is 24.4. The van der Waals surface area contributed by atoms with Crippen LogP contribution in [0.2, 0.25) is 0 Å². The van der Waals surface area contributed by atoms with Crippen molar-refractivity contribution in [2.45, 2.75) is 144 Å². The van der Waals surface area contributed by atoms with Gasteiger partial charge >= 0.3 is 5.97 Å². The Labute approximate surface area is 445 Å². The lowest BCUT2D eigenvalue weighted by molar-refractivity contribution is -0.142. The van der Waals surface area contributed by atoms with Crippen molar-refractivity contribution >= 4 is 45.9 Å². The van der Waals surface area contributed by atoms with Gasteiger partial charge in [0.1, 0.15) is 5.41 Å². The number of nitrogens with zero attached hydrogens (tertiary/aromatic N) is 7. The van der Waals surface area contributed by atoms with Gasteiger partial charge in [0.2, 0.25) is 17.8 Å². The van der Waals surface area contributed by atoms with Crippen LogP contribution in [0.3, 0.4) is 0 Å². The van der Waals surface area contributed by atoms with Crippen molar-refractivity contribution in [1.82, 2.24) is 29.5 Å². The molecule has 1 amide bonds. The topological polar surface area (TPSA) is 224 Å². The second kappa shape index (κ2) is 21.8. The fourth-order valence-corrected chi connectivity index (χ4v) is 13.4. The quantitative estimate of drug-likeness (QED) is 0.0504. The molecule has 0 spiro atoms. The largest absolute Gasteiger partial charge is 0.481 e. The van der Waals surface area contributed by atoms with E-state index < -0.39 is 32.7 Å². The van der Waals surface area contributed by atoms with Crippen molar-refractivity contribution in [3.8, 4) is 22.3 Å². The van der Waals surface area contributed by atoms with Gasteiger partial charge in [-0.3, -0.25) is 9.59 Å². The summed E-state index contributed by atoms with van der Waals surface area (Å²) in [6, 6.07) is 20.4. The Kier molecular flexibility index (Phi) is 15.3. The number of rotatable bonds is 18. The van der Waals surface area contributed by atoms with Gasteiger partial charge in [0.15, 0.2) is 9.84 Å². The van der Waals surface area contributed by atoms with E-state index in [2.05, 4.69) is 51.6 Å². The number of carbonyl (C=O) groups is 2. The number of amides is 1. The van der Waals surface area contributed by atoms with Gasteiger partial charge in [-0.05, 0) is 133 Å². The molecule has 5 fully saturated rings. The molecule has 4 saturated carbocycles. The van der Waals surface area contributed by atoms with E-state index in [1.807, 2.05) is 72.6 Å². The van der Waals surface area contributed by atoms with Gasteiger partial charge in [-0.1, -0.05) is 48.5 Å². The highest BCUT2D eigenvalue weighted by atomic mass is 32.2. The molecule has 5 aliphatic rings. The number of aliphatic carboxylic acids is 1. The Morgan fingerprint density at radius 1 is 0.842 bits per heavy atom. The molecule has 4 aliphatic carbocycles. The number of aliphatic hydroxyl groups is 1. The molecular formula is C57H73N9O9S. The Bertz CT molecular complexity index is 3070. The molecule has 1 saturated heterocycles. The maximum absolute atomic E-state index is 13.8. The van der Waals surface area contributed by atoms with Crippen LogP contribution < -0.4 is 10.6 Å². The third-order valence-electron chi connectivity index (χ3n) is 16.8. The number of carbonyl (C=O) groups excluding carboxylic acids is 1. The number of aliphatic hydroxyl groups excluding tert-OH is 1. The first-order valence-corrected chi connectivity index (χ1v) is 28.8. The van der Waals surface area contributed by atoms with Gasteiger partial charge in [0.25, 0.3) is 0 Å². The first kappa shape index (κ1) is 53.4. The predicted octanol–water partition coefficient (Wildman–Crippen LogP) is 7.21. The maximum atomic E-state index is 13.8. The lowest BCUT2D eigenvalue weighted by Gasteiger charge is -2.30. The number of carboxylic acid groups (broad SMARTS) is 1. The second-order valence-electron chi connectivity index (χ2n) is 22.1. The lowest BCUT2D eigenvalue weighted by atomic mass is 9.85. The van der Waals surface area contributed by atoms with Gasteiger partial charge in [-0.15, -0.1) is 10.2 Å². The Balaban J connectivity index is 0.847. The lowest BCUT2D eigenvalue weighted by Crippen LogP contribution is -2.47. The van der Waals surface area contributed by atoms with E-state index in [0.29, 0.717) is 37.1 Å². The summed E-state index contributed by atoms with van der Waals surface area (Å²) in [6.07, 6.45) is 9.13. The smallest absolute Gasteiger partial charge is 0.316 e. The number of sulfone groups is 1. The van der Waals surface area contributed by atoms with Crippen LogP contribution in [0.4, 0.5) is 5.95 Å². The van der Waals surface area contributed by atoms with Gasteiger partial charge in [0, 0.05) is 79.4 Å². The van der Waals surface area contributed by atoms with Crippen molar-refractivity contribution in [3.63, 3.8) is 0 Å². The van der Waals surface area contributed by atoms with E-state index in [4.69, 9.17) is 24.4 Å². The molecule has 0 bridgehead atoms. The van der Waals surface area contributed by atoms with Crippen LogP contribution in [-0.4, -0.2) is 150 Å². The third-order valence-corrected chi connectivity index (χ3v) is 18.4. The van der Waals surface area contributed by atoms with Crippen LogP contribution in [0.15, 0.2) is 77.0 Å². The molecule has 4 heterocycles. The van der Waals surface area contributed by atoms with E-state index in [1.165, 1.54) is 0 Å². The van der Waals surface area contributed by atoms with Crippen molar-refractivity contribution in [1.29, 1.82) is 0 Å². The molecule has 76 heavy (non-hydrogen) atoms. The number of methoxy groups -OCH3 is 2. The zero-order valence-electron chi connectivity index (χ0n) is 44.4. The average Bonchev–Trinajstić information content (AvgIpc) is 4.35. The number of hydrogen-bond acceptors (Lipinski definition) is 12. The number of anilines is 1. The summed E-state index contributed by atoms with van der Waals surface area (Å²) in [7, 11) is 0.203. The first-order chi connectivity index (χ1) is 36.6. The molecule has 2 aromatic carbocycles. The highest BCUT2D eigenvalue weighted by molar-refractivity contribution is 7.91. The Morgan fingerprint density at radius 3 is 2.05 bits per heavy atom. The number of guanidine groups is 1. The summed E-state index contributed by atoms with van der Waals surface area (Å²) in [5.74, 6) is 0.351. The molecule has 406 valence electrons. The summed E-state index contributed by atoms with van der Waals surface area (Å²) >= 11 is 0. The average molecular weight is 1060 g/mol. The van der Waals surface area contributed by atoms with Gasteiger partial charge in [-0.2, -0.15) is 0 Å². The standard InChI is InChI=1S/C57H73N9O9S/c1-35(33-73-5)60-54(58-4)62-65-37(3)46(38-7-15-42(16-8-38)56(23-24-56)52(68)64-25-27-76(71,72)28-26-64)29-48(65)41-13-21-45(22-14-41)75-51-31-57(51,53(69)70)43-17-9-39(10-18-43)47-30-49(40-11-19-44(67)20-12-40)66-50(47)32-59-55(63-66)61-36(2)34-74-6/h7-10,15-18,29-30,32,35-36,40-41,44-45,51,67H,4,11-14,19-28,31,33-34H2,1-3,5-6H3,(H,60,62)(H,61,63)(H,69,70)/t35-,36-,40-,41-,44-,45-,51?,57?/m0/s1. The normalized spacial score (nSPS) is 25.9. The van der Waals surface area contributed by atoms with E-state index in [0.717, 1.165) is 115 Å².